The molecule has 4 nitrogen and oxygen atoms in total. The number of hydrogen-bond donors (Lipinski definition) is 0. The predicted octanol–water partition coefficient (Wildman–Crippen LogP) is 4.07. The van der Waals surface area contributed by atoms with Crippen molar-refractivity contribution in [3.63, 3.8) is 0 Å². The van der Waals surface area contributed by atoms with Crippen molar-refractivity contribution < 1.29 is 9.53 Å². The van der Waals surface area contributed by atoms with Crippen molar-refractivity contribution in [2.75, 3.05) is 13.1 Å². The summed E-state index contributed by atoms with van der Waals surface area (Å²) in [6.45, 7) is 3.07. The van der Waals surface area contributed by atoms with Gasteiger partial charge in [-0.1, -0.05) is 23.7 Å². The monoisotopic (exact) mass is 354 g/mol. The molecule has 2 aromatic rings. The van der Waals surface area contributed by atoms with Gasteiger partial charge >= 0.3 is 0 Å². The molecule has 0 saturated carbocycles. The van der Waals surface area contributed by atoms with Gasteiger partial charge in [0.1, 0.15) is 11.4 Å². The first-order valence-corrected chi connectivity index (χ1v) is 8.87. The lowest BCUT2D eigenvalue weighted by atomic mass is 9.98. The van der Waals surface area contributed by atoms with E-state index in [-0.39, 0.29) is 5.91 Å². The summed E-state index contributed by atoms with van der Waals surface area (Å²) < 4.78 is 6.33. The summed E-state index contributed by atoms with van der Waals surface area (Å²) in [7, 11) is 0. The molecule has 1 aromatic carbocycles. The Morgan fingerprint density at radius 2 is 2.00 bits per heavy atom. The van der Waals surface area contributed by atoms with Crippen molar-refractivity contribution in [2.24, 2.45) is 0 Å². The van der Waals surface area contributed by atoms with Crippen LogP contribution in [-0.4, -0.2) is 28.9 Å². The Bertz CT molecular complexity index is 866. The van der Waals surface area contributed by atoms with Crippen molar-refractivity contribution in [3.8, 4) is 5.75 Å². The van der Waals surface area contributed by atoms with Crippen LogP contribution < -0.4 is 4.74 Å². The molecule has 128 valence electrons. The number of piperidine rings is 1. The van der Waals surface area contributed by atoms with Crippen LogP contribution in [0, 0.1) is 0 Å². The largest absolute Gasteiger partial charge is 0.455 e. The van der Waals surface area contributed by atoms with E-state index < -0.39 is 0 Å². The molecule has 0 bridgehead atoms. The van der Waals surface area contributed by atoms with Crippen molar-refractivity contribution in [2.45, 2.75) is 26.2 Å². The molecule has 2 aliphatic heterocycles. The van der Waals surface area contributed by atoms with Crippen LogP contribution in [-0.2, 0) is 11.2 Å². The minimum absolute atomic E-state index is 0.126. The zero-order valence-corrected chi connectivity index (χ0v) is 14.8. The minimum atomic E-state index is 0.126. The van der Waals surface area contributed by atoms with E-state index in [2.05, 4.69) is 11.1 Å². The predicted molar refractivity (Wildman–Crippen MR) is 97.5 cm³/mol. The number of hydrogen-bond acceptors (Lipinski definition) is 3. The van der Waals surface area contributed by atoms with Crippen LogP contribution in [0.3, 0.4) is 0 Å². The maximum absolute atomic E-state index is 11.6. The molecule has 0 atom stereocenters. The van der Waals surface area contributed by atoms with E-state index >= 15 is 0 Å². The number of aromatic nitrogens is 1. The van der Waals surface area contributed by atoms with Gasteiger partial charge in [-0.3, -0.25) is 9.78 Å². The topological polar surface area (TPSA) is 42.4 Å². The second-order valence-electron chi connectivity index (χ2n) is 6.48. The summed E-state index contributed by atoms with van der Waals surface area (Å²) >= 11 is 6.17. The van der Waals surface area contributed by atoms with Gasteiger partial charge in [-0.25, -0.2) is 0 Å². The van der Waals surface area contributed by atoms with Crippen LogP contribution in [0.2, 0.25) is 5.02 Å². The van der Waals surface area contributed by atoms with Crippen LogP contribution in [0.5, 0.6) is 5.75 Å². The van der Waals surface area contributed by atoms with E-state index in [1.54, 1.807) is 13.1 Å². The third kappa shape index (κ3) is 3.14. The Morgan fingerprint density at radius 1 is 1.20 bits per heavy atom. The highest BCUT2D eigenvalue weighted by molar-refractivity contribution is 6.30. The van der Waals surface area contributed by atoms with Crippen LogP contribution in [0.15, 0.2) is 42.1 Å². The van der Waals surface area contributed by atoms with Gasteiger partial charge < -0.3 is 9.64 Å². The molecule has 1 aromatic heterocycles. The van der Waals surface area contributed by atoms with Crippen molar-refractivity contribution in [1.29, 1.82) is 0 Å². The number of fused-ring (bicyclic) bond motifs is 2. The summed E-state index contributed by atoms with van der Waals surface area (Å²) in [5.74, 6) is 1.75. The summed E-state index contributed by atoms with van der Waals surface area (Å²) in [4.78, 5) is 18.1. The summed E-state index contributed by atoms with van der Waals surface area (Å²) in [5, 5.41) is 0.661. The molecule has 25 heavy (non-hydrogen) atoms. The molecule has 4 rings (SSSR count). The molecule has 0 N–H and O–H groups in total. The number of carbonyl (C=O) groups is 1. The highest BCUT2D eigenvalue weighted by atomic mass is 35.5. The van der Waals surface area contributed by atoms with Gasteiger partial charge in [-0.2, -0.15) is 0 Å². The number of carbonyl (C=O) groups excluding carboxylic acids is 1. The Kier molecular flexibility index (Phi) is 4.22. The molecule has 5 heteroatoms. The van der Waals surface area contributed by atoms with E-state index in [4.69, 9.17) is 16.3 Å². The maximum Gasteiger partial charge on any atom is 0.219 e. The second kappa shape index (κ2) is 6.52. The van der Waals surface area contributed by atoms with Gasteiger partial charge in [-0.05, 0) is 47.7 Å². The molecule has 2 aliphatic rings. The molecule has 0 aliphatic carbocycles. The van der Waals surface area contributed by atoms with Crippen molar-refractivity contribution >= 4 is 23.3 Å². The van der Waals surface area contributed by atoms with Gasteiger partial charge in [0.15, 0.2) is 5.76 Å². The van der Waals surface area contributed by atoms with Crippen LogP contribution in [0.1, 0.15) is 36.6 Å². The molecule has 1 saturated heterocycles. The molecular formula is C20H19ClN2O2. The number of benzene rings is 1. The Hall–Kier alpha value is -2.33. The fourth-order valence-corrected chi connectivity index (χ4v) is 3.64. The van der Waals surface area contributed by atoms with E-state index in [0.717, 1.165) is 60.7 Å². The van der Waals surface area contributed by atoms with E-state index in [0.29, 0.717) is 5.02 Å². The van der Waals surface area contributed by atoms with Gasteiger partial charge in [0.05, 0.1) is 0 Å². The SMILES string of the molecule is CC(=O)N1CCC(=C2Oc3cc(Cl)ccc3Cc3cccnc32)CC1. The highest BCUT2D eigenvalue weighted by Gasteiger charge is 2.26. The lowest BCUT2D eigenvalue weighted by molar-refractivity contribution is -0.129. The van der Waals surface area contributed by atoms with Crippen LogP contribution in [0.4, 0.5) is 0 Å². The highest BCUT2D eigenvalue weighted by Crippen LogP contribution is 2.37. The summed E-state index contributed by atoms with van der Waals surface area (Å²) in [6.07, 6.45) is 4.18. The number of nitrogens with zero attached hydrogens (tertiary/aromatic N) is 2. The smallest absolute Gasteiger partial charge is 0.219 e. The Labute approximate surface area is 152 Å². The molecule has 1 fully saturated rings. The average Bonchev–Trinajstić information content (AvgIpc) is 2.78. The summed E-state index contributed by atoms with van der Waals surface area (Å²) in [5.41, 5.74) is 4.38. The van der Waals surface area contributed by atoms with E-state index in [1.165, 1.54) is 5.57 Å². The standard InChI is InChI=1S/C20H19ClN2O2/c1-13(24)23-9-6-14(7-10-23)20-19-16(3-2-8-22-19)11-15-4-5-17(21)12-18(15)25-20/h2-5,8,12H,6-7,9-11H2,1H3. The lowest BCUT2D eigenvalue weighted by Crippen LogP contribution is -2.35. The van der Waals surface area contributed by atoms with E-state index in [1.807, 2.05) is 29.2 Å². The van der Waals surface area contributed by atoms with Gasteiger partial charge in [-0.15, -0.1) is 0 Å². The fourth-order valence-electron chi connectivity index (χ4n) is 3.48. The normalized spacial score (nSPS) is 16.6. The fraction of sp³-hybridized carbons (Fsp3) is 0.300. The Morgan fingerprint density at radius 3 is 2.76 bits per heavy atom. The molecule has 0 unspecified atom stereocenters. The molecule has 0 spiro atoms. The third-order valence-corrected chi connectivity index (χ3v) is 5.10. The zero-order chi connectivity index (χ0) is 17.4. The number of likely N-dealkylation sites (tertiary alicyclic amines) is 1. The summed E-state index contributed by atoms with van der Waals surface area (Å²) in [6, 6.07) is 9.83. The first-order valence-electron chi connectivity index (χ1n) is 8.50. The second-order valence-corrected chi connectivity index (χ2v) is 6.92. The number of amides is 1. The van der Waals surface area contributed by atoms with Gasteiger partial charge in [0.2, 0.25) is 5.91 Å². The first kappa shape index (κ1) is 16.2. The van der Waals surface area contributed by atoms with Gasteiger partial charge in [0.25, 0.3) is 0 Å². The zero-order valence-electron chi connectivity index (χ0n) is 14.1. The van der Waals surface area contributed by atoms with Crippen molar-refractivity contribution in [3.05, 3.63) is 63.9 Å². The molecular weight excluding hydrogens is 336 g/mol. The molecule has 1 amide bonds. The molecule has 0 radical (unpaired) electrons. The number of ether oxygens (including phenoxy) is 1. The molecule has 3 heterocycles. The first-order chi connectivity index (χ1) is 12.1. The lowest BCUT2D eigenvalue weighted by Gasteiger charge is -2.28. The number of pyridine rings is 1. The van der Waals surface area contributed by atoms with Gasteiger partial charge in [0, 0.05) is 37.7 Å². The van der Waals surface area contributed by atoms with Crippen molar-refractivity contribution in [1.82, 2.24) is 9.88 Å². The maximum atomic E-state index is 11.6. The quantitative estimate of drug-likeness (QED) is 0.716. The van der Waals surface area contributed by atoms with E-state index in [9.17, 15) is 4.79 Å². The Balaban J connectivity index is 1.78. The number of halogens is 1. The third-order valence-electron chi connectivity index (χ3n) is 4.86. The minimum Gasteiger partial charge on any atom is -0.455 e. The van der Waals surface area contributed by atoms with Crippen LogP contribution in [0.25, 0.3) is 5.76 Å². The number of rotatable bonds is 0. The van der Waals surface area contributed by atoms with Crippen LogP contribution >= 0.6 is 11.6 Å². The average molecular weight is 355 g/mol.